The van der Waals surface area contributed by atoms with Crippen LogP contribution in [0.1, 0.15) is 11.1 Å². The second-order valence-electron chi connectivity index (χ2n) is 5.19. The number of rotatable bonds is 3. The summed E-state index contributed by atoms with van der Waals surface area (Å²) in [7, 11) is 0. The molecule has 1 heterocycles. The van der Waals surface area contributed by atoms with Crippen LogP contribution in [0.3, 0.4) is 0 Å². The Morgan fingerprint density at radius 2 is 2.09 bits per heavy atom. The minimum Gasteiger partial charge on any atom is -0.361 e. The van der Waals surface area contributed by atoms with Crippen LogP contribution >= 0.6 is 15.9 Å². The maximum absolute atomic E-state index is 13.2. The third-order valence-electron chi connectivity index (χ3n) is 3.54. The van der Waals surface area contributed by atoms with Crippen molar-refractivity contribution in [1.82, 2.24) is 4.98 Å². The molecule has 0 saturated heterocycles. The zero-order valence-electron chi connectivity index (χ0n) is 11.9. The van der Waals surface area contributed by atoms with Gasteiger partial charge in [0, 0.05) is 27.3 Å². The molecule has 1 amide bonds. The number of amides is 1. The van der Waals surface area contributed by atoms with E-state index in [2.05, 4.69) is 26.2 Å². The quantitative estimate of drug-likeness (QED) is 0.706. The van der Waals surface area contributed by atoms with E-state index in [1.54, 1.807) is 12.3 Å². The largest absolute Gasteiger partial charge is 0.361 e. The highest BCUT2D eigenvalue weighted by Crippen LogP contribution is 2.22. The van der Waals surface area contributed by atoms with Crippen LogP contribution in [0.2, 0.25) is 0 Å². The summed E-state index contributed by atoms with van der Waals surface area (Å²) >= 11 is 3.40. The Morgan fingerprint density at radius 1 is 1.27 bits per heavy atom. The van der Waals surface area contributed by atoms with Gasteiger partial charge in [0.05, 0.1) is 6.42 Å². The van der Waals surface area contributed by atoms with Gasteiger partial charge in [-0.15, -0.1) is 0 Å². The molecule has 22 heavy (non-hydrogen) atoms. The summed E-state index contributed by atoms with van der Waals surface area (Å²) in [6, 6.07) is 10.2. The van der Waals surface area contributed by atoms with Crippen LogP contribution in [0.25, 0.3) is 10.9 Å². The van der Waals surface area contributed by atoms with Gasteiger partial charge in [-0.2, -0.15) is 0 Å². The highest BCUT2D eigenvalue weighted by atomic mass is 79.9. The van der Waals surface area contributed by atoms with E-state index in [-0.39, 0.29) is 18.1 Å². The lowest BCUT2D eigenvalue weighted by molar-refractivity contribution is -0.115. The smallest absolute Gasteiger partial charge is 0.228 e. The number of carbonyl (C=O) groups excluding carboxylic acids is 1. The lowest BCUT2D eigenvalue weighted by Crippen LogP contribution is -2.14. The first-order valence-corrected chi connectivity index (χ1v) is 7.64. The molecule has 0 aliphatic heterocycles. The Bertz CT molecular complexity index is 857. The van der Waals surface area contributed by atoms with Crippen LogP contribution in [0.15, 0.2) is 47.1 Å². The number of aromatic nitrogens is 1. The summed E-state index contributed by atoms with van der Waals surface area (Å²) in [5.74, 6) is -0.397. The second kappa shape index (κ2) is 5.93. The normalized spacial score (nSPS) is 10.9. The van der Waals surface area contributed by atoms with Gasteiger partial charge in [0.25, 0.3) is 0 Å². The molecule has 0 fully saturated rings. The second-order valence-corrected chi connectivity index (χ2v) is 6.10. The van der Waals surface area contributed by atoms with E-state index in [4.69, 9.17) is 0 Å². The molecule has 3 nitrogen and oxygen atoms in total. The van der Waals surface area contributed by atoms with Crippen molar-refractivity contribution in [3.8, 4) is 0 Å². The summed E-state index contributed by atoms with van der Waals surface area (Å²) in [4.78, 5) is 15.2. The van der Waals surface area contributed by atoms with E-state index in [0.717, 1.165) is 26.7 Å². The SMILES string of the molecule is Cc1cc(Br)ccc1NC(=O)Cc1c[nH]c2cc(F)ccc12. The summed E-state index contributed by atoms with van der Waals surface area (Å²) in [5, 5.41) is 3.77. The number of fused-ring (bicyclic) bond motifs is 1. The lowest BCUT2D eigenvalue weighted by atomic mass is 10.1. The number of halogens is 2. The Kier molecular flexibility index (Phi) is 3.98. The number of nitrogens with one attached hydrogen (secondary N) is 2. The Labute approximate surface area is 135 Å². The Morgan fingerprint density at radius 3 is 2.86 bits per heavy atom. The zero-order valence-corrected chi connectivity index (χ0v) is 13.5. The minimum atomic E-state index is -0.296. The number of benzene rings is 2. The fraction of sp³-hybridized carbons (Fsp3) is 0.118. The van der Waals surface area contributed by atoms with Crippen molar-refractivity contribution < 1.29 is 9.18 Å². The maximum atomic E-state index is 13.2. The number of hydrogen-bond donors (Lipinski definition) is 2. The van der Waals surface area contributed by atoms with E-state index in [1.165, 1.54) is 12.1 Å². The molecule has 0 aliphatic rings. The molecule has 0 bridgehead atoms. The highest BCUT2D eigenvalue weighted by Gasteiger charge is 2.10. The summed E-state index contributed by atoms with van der Waals surface area (Å²) in [6.45, 7) is 1.94. The predicted octanol–water partition coefficient (Wildman–Crippen LogP) is 4.56. The Balaban J connectivity index is 1.78. The van der Waals surface area contributed by atoms with E-state index in [1.807, 2.05) is 25.1 Å². The van der Waals surface area contributed by atoms with Gasteiger partial charge in [0.2, 0.25) is 5.91 Å². The first-order valence-electron chi connectivity index (χ1n) is 6.84. The van der Waals surface area contributed by atoms with Gasteiger partial charge in [-0.3, -0.25) is 4.79 Å². The first-order chi connectivity index (χ1) is 10.5. The Hall–Kier alpha value is -2.14. The molecular formula is C17H14BrFN2O. The van der Waals surface area contributed by atoms with Crippen molar-refractivity contribution in [2.75, 3.05) is 5.32 Å². The van der Waals surface area contributed by atoms with E-state index in [9.17, 15) is 9.18 Å². The van der Waals surface area contributed by atoms with Crippen molar-refractivity contribution in [3.05, 3.63) is 64.0 Å². The third-order valence-corrected chi connectivity index (χ3v) is 4.04. The molecule has 5 heteroatoms. The first kappa shape index (κ1) is 14.8. The average molecular weight is 361 g/mol. The molecule has 0 atom stereocenters. The van der Waals surface area contributed by atoms with Crippen molar-refractivity contribution >= 4 is 38.4 Å². The van der Waals surface area contributed by atoms with Crippen LogP contribution in [0.4, 0.5) is 10.1 Å². The topological polar surface area (TPSA) is 44.9 Å². The average Bonchev–Trinajstić information content (AvgIpc) is 2.84. The van der Waals surface area contributed by atoms with Gasteiger partial charge in [0.15, 0.2) is 0 Å². The number of anilines is 1. The van der Waals surface area contributed by atoms with Gasteiger partial charge in [-0.1, -0.05) is 15.9 Å². The molecular weight excluding hydrogens is 347 g/mol. The van der Waals surface area contributed by atoms with E-state index >= 15 is 0 Å². The molecule has 0 saturated carbocycles. The molecule has 112 valence electrons. The van der Waals surface area contributed by atoms with Crippen LogP contribution in [-0.2, 0) is 11.2 Å². The molecule has 2 aromatic carbocycles. The lowest BCUT2D eigenvalue weighted by Gasteiger charge is -2.08. The molecule has 1 aromatic heterocycles. The van der Waals surface area contributed by atoms with Crippen LogP contribution < -0.4 is 5.32 Å². The minimum absolute atomic E-state index is 0.101. The van der Waals surface area contributed by atoms with E-state index < -0.39 is 0 Å². The van der Waals surface area contributed by atoms with Crippen molar-refractivity contribution in [2.24, 2.45) is 0 Å². The van der Waals surface area contributed by atoms with Gasteiger partial charge in [0.1, 0.15) is 5.82 Å². The molecule has 0 spiro atoms. The van der Waals surface area contributed by atoms with Gasteiger partial charge < -0.3 is 10.3 Å². The number of aromatic amines is 1. The highest BCUT2D eigenvalue weighted by molar-refractivity contribution is 9.10. The monoisotopic (exact) mass is 360 g/mol. The molecule has 2 N–H and O–H groups in total. The van der Waals surface area contributed by atoms with Gasteiger partial charge >= 0.3 is 0 Å². The predicted molar refractivity (Wildman–Crippen MR) is 89.5 cm³/mol. The van der Waals surface area contributed by atoms with Gasteiger partial charge in [-0.25, -0.2) is 4.39 Å². The molecule has 3 rings (SSSR count). The van der Waals surface area contributed by atoms with Gasteiger partial charge in [-0.05, 0) is 54.4 Å². The third kappa shape index (κ3) is 3.04. The summed E-state index contributed by atoms with van der Waals surface area (Å²) in [5.41, 5.74) is 3.33. The molecule has 0 unspecified atom stereocenters. The fourth-order valence-electron chi connectivity index (χ4n) is 2.44. The summed E-state index contributed by atoms with van der Waals surface area (Å²) in [6.07, 6.45) is 1.99. The molecule has 3 aromatic rings. The standard InChI is InChI=1S/C17H14BrFN2O/c1-10-6-12(18)2-5-15(10)21-17(22)7-11-9-20-16-8-13(19)3-4-14(11)16/h2-6,8-9,20H,7H2,1H3,(H,21,22). The number of aryl methyl sites for hydroxylation is 1. The van der Waals surface area contributed by atoms with Crippen LogP contribution in [-0.4, -0.2) is 10.9 Å². The maximum Gasteiger partial charge on any atom is 0.228 e. The van der Waals surface area contributed by atoms with Crippen molar-refractivity contribution in [3.63, 3.8) is 0 Å². The number of carbonyl (C=O) groups is 1. The van der Waals surface area contributed by atoms with Crippen LogP contribution in [0, 0.1) is 12.7 Å². The summed E-state index contributed by atoms with van der Waals surface area (Å²) < 4.78 is 14.1. The molecule has 0 radical (unpaired) electrons. The number of hydrogen-bond acceptors (Lipinski definition) is 1. The van der Waals surface area contributed by atoms with Crippen molar-refractivity contribution in [2.45, 2.75) is 13.3 Å². The van der Waals surface area contributed by atoms with Crippen molar-refractivity contribution in [1.29, 1.82) is 0 Å². The van der Waals surface area contributed by atoms with Crippen LogP contribution in [0.5, 0.6) is 0 Å². The fourth-order valence-corrected chi connectivity index (χ4v) is 2.92. The molecule has 0 aliphatic carbocycles. The van der Waals surface area contributed by atoms with E-state index in [0.29, 0.717) is 5.52 Å². The number of H-pyrrole nitrogens is 1. The zero-order chi connectivity index (χ0) is 15.7.